The van der Waals surface area contributed by atoms with Gasteiger partial charge in [-0.25, -0.2) is 0 Å². The molecule has 2 rings (SSSR count). The molecular weight excluding hydrogens is 139 g/mol. The summed E-state index contributed by atoms with van der Waals surface area (Å²) in [5, 5.41) is 0. The molecule has 0 atom stereocenters. The number of fused-ring (bicyclic) bond motifs is 1. The molecule has 0 heterocycles. The second kappa shape index (κ2) is 3.52. The van der Waals surface area contributed by atoms with Crippen molar-refractivity contribution in [1.29, 1.82) is 0 Å². The van der Waals surface area contributed by atoms with E-state index in [1.807, 2.05) is 0 Å². The summed E-state index contributed by atoms with van der Waals surface area (Å²) >= 11 is 0. The maximum atomic E-state index is 2.24. The molecule has 0 bridgehead atoms. The zero-order chi connectivity index (χ0) is 7.84. The van der Waals surface area contributed by atoms with Crippen molar-refractivity contribution in [1.82, 2.24) is 0 Å². The molecule has 0 fully saturated rings. The molecule has 1 radical (unpaired) electrons. The molecule has 1 aromatic carbocycles. The van der Waals surface area contributed by atoms with Crippen LogP contribution < -0.4 is 0 Å². The first-order valence-electron chi connectivity index (χ1n) is 3.90. The molecule has 0 aliphatic heterocycles. The van der Waals surface area contributed by atoms with Crippen LogP contribution in [0.5, 0.6) is 0 Å². The van der Waals surface area contributed by atoms with Crippen molar-refractivity contribution in [2.45, 2.75) is 13.8 Å². The molecule has 0 unspecified atom stereocenters. The Kier molecular flexibility index (Phi) is 2.83. The summed E-state index contributed by atoms with van der Waals surface area (Å²) in [6.45, 7) is 4.32. The van der Waals surface area contributed by atoms with Crippen LogP contribution in [0.3, 0.4) is 0 Å². The van der Waals surface area contributed by atoms with Gasteiger partial charge < -0.3 is 0 Å². The first kappa shape index (κ1) is 9.64. The van der Waals surface area contributed by atoms with Crippen LogP contribution in [-0.2, 0) is 0 Å². The van der Waals surface area contributed by atoms with Crippen LogP contribution in [0.4, 0.5) is 0 Å². The van der Waals surface area contributed by atoms with Gasteiger partial charge in [-0.15, -0.1) is 0 Å². The summed E-state index contributed by atoms with van der Waals surface area (Å²) in [5.41, 5.74) is 4.17. The minimum atomic E-state index is 0. The molecule has 0 aromatic heterocycles. The summed E-state index contributed by atoms with van der Waals surface area (Å²) in [5.74, 6) is 1.39. The van der Waals surface area contributed by atoms with Crippen LogP contribution in [0.25, 0.3) is 5.57 Å². The van der Waals surface area contributed by atoms with Crippen LogP contribution in [-0.4, -0.2) is 18.9 Å². The van der Waals surface area contributed by atoms with Crippen molar-refractivity contribution in [2.75, 3.05) is 0 Å². The van der Waals surface area contributed by atoms with Crippen LogP contribution in [0, 0.1) is 5.92 Å². The summed E-state index contributed by atoms with van der Waals surface area (Å²) < 4.78 is 0. The second-order valence-corrected chi connectivity index (χ2v) is 3.06. The average Bonchev–Trinajstić information content (AvgIpc) is 2.30. The number of hydrogen-bond donors (Lipinski definition) is 0. The third-order valence-corrected chi connectivity index (χ3v) is 2.21. The van der Waals surface area contributed by atoms with Gasteiger partial charge in [0.2, 0.25) is 0 Å². The summed E-state index contributed by atoms with van der Waals surface area (Å²) in [4.78, 5) is 0. The molecule has 0 spiro atoms. The molecule has 1 heteroatoms. The van der Waals surface area contributed by atoms with Crippen molar-refractivity contribution in [3.8, 4) is 0 Å². The van der Waals surface area contributed by atoms with E-state index in [9.17, 15) is 0 Å². The SMILES string of the molecule is C[C]1C=C(C)c2ccccc21.[LiH]. The number of benzene rings is 1. The summed E-state index contributed by atoms with van der Waals surface area (Å²) in [6, 6.07) is 8.54. The summed E-state index contributed by atoms with van der Waals surface area (Å²) in [7, 11) is 0. The topological polar surface area (TPSA) is 0 Å². The van der Waals surface area contributed by atoms with E-state index in [4.69, 9.17) is 0 Å². The van der Waals surface area contributed by atoms with Crippen LogP contribution in [0.1, 0.15) is 25.0 Å². The molecule has 0 saturated heterocycles. The number of allylic oxidation sites excluding steroid dienone is 2. The van der Waals surface area contributed by atoms with Crippen molar-refractivity contribution in [2.24, 2.45) is 0 Å². The molecule has 0 amide bonds. The van der Waals surface area contributed by atoms with E-state index in [0.717, 1.165) is 0 Å². The molecule has 1 aliphatic carbocycles. The molecule has 0 saturated carbocycles. The fourth-order valence-corrected chi connectivity index (χ4v) is 1.65. The van der Waals surface area contributed by atoms with Crippen LogP contribution in [0.15, 0.2) is 30.3 Å². The Hall–Kier alpha value is -0.443. The molecule has 57 valence electrons. The molecular formula is C11H12Li. The van der Waals surface area contributed by atoms with Crippen molar-refractivity contribution in [3.63, 3.8) is 0 Å². The van der Waals surface area contributed by atoms with Gasteiger partial charge in [-0.2, -0.15) is 0 Å². The fourth-order valence-electron chi connectivity index (χ4n) is 1.65. The van der Waals surface area contributed by atoms with E-state index in [1.165, 1.54) is 22.6 Å². The third-order valence-electron chi connectivity index (χ3n) is 2.21. The second-order valence-electron chi connectivity index (χ2n) is 3.06. The molecule has 0 N–H and O–H groups in total. The van der Waals surface area contributed by atoms with E-state index < -0.39 is 0 Å². The van der Waals surface area contributed by atoms with Gasteiger partial charge in [0.1, 0.15) is 0 Å². The Morgan fingerprint density at radius 3 is 2.08 bits per heavy atom. The minimum absolute atomic E-state index is 0. The first-order chi connectivity index (χ1) is 5.29. The standard InChI is InChI=1S/C11H11.Li.H/c1-8-7-9(2)11-6-4-3-5-10(8)11;;/h3-7H,1-2H3;;. The van der Waals surface area contributed by atoms with Gasteiger partial charge in [-0.1, -0.05) is 37.3 Å². The number of hydrogen-bond acceptors (Lipinski definition) is 0. The predicted octanol–water partition coefficient (Wildman–Crippen LogP) is 2.40. The van der Waals surface area contributed by atoms with E-state index in [1.54, 1.807) is 0 Å². The van der Waals surface area contributed by atoms with Gasteiger partial charge >= 0.3 is 18.9 Å². The molecule has 0 nitrogen and oxygen atoms in total. The average molecular weight is 151 g/mol. The van der Waals surface area contributed by atoms with Gasteiger partial charge in [0, 0.05) is 5.92 Å². The third kappa shape index (κ3) is 1.38. The van der Waals surface area contributed by atoms with E-state index in [2.05, 4.69) is 44.2 Å². The quantitative estimate of drug-likeness (QED) is 0.499. The first-order valence-corrected chi connectivity index (χ1v) is 3.90. The van der Waals surface area contributed by atoms with Gasteiger partial charge in [0.05, 0.1) is 0 Å². The van der Waals surface area contributed by atoms with E-state index in [0.29, 0.717) is 0 Å². The normalized spacial score (nSPS) is 15.0. The van der Waals surface area contributed by atoms with Gasteiger partial charge in [-0.3, -0.25) is 0 Å². The Morgan fingerprint density at radius 2 is 1.50 bits per heavy atom. The zero-order valence-corrected chi connectivity index (χ0v) is 6.89. The fraction of sp³-hybridized carbons (Fsp3) is 0.182. The van der Waals surface area contributed by atoms with Crippen molar-refractivity contribution >= 4 is 24.4 Å². The van der Waals surface area contributed by atoms with Gasteiger partial charge in [0.25, 0.3) is 0 Å². The Bertz CT molecular complexity index is 313. The molecule has 1 aromatic rings. The predicted molar refractivity (Wildman–Crippen MR) is 55.3 cm³/mol. The van der Waals surface area contributed by atoms with Crippen molar-refractivity contribution in [3.05, 3.63) is 47.4 Å². The Morgan fingerprint density at radius 1 is 0.917 bits per heavy atom. The Labute approximate surface area is 85.9 Å². The Balaban J connectivity index is 0.000000720. The zero-order valence-electron chi connectivity index (χ0n) is 6.89. The van der Waals surface area contributed by atoms with Gasteiger partial charge in [-0.05, 0) is 23.6 Å². The van der Waals surface area contributed by atoms with E-state index in [-0.39, 0.29) is 18.9 Å². The number of rotatable bonds is 0. The molecule has 12 heavy (non-hydrogen) atoms. The van der Waals surface area contributed by atoms with Crippen LogP contribution in [0.2, 0.25) is 0 Å². The van der Waals surface area contributed by atoms with Crippen molar-refractivity contribution < 1.29 is 0 Å². The van der Waals surface area contributed by atoms with Gasteiger partial charge in [0.15, 0.2) is 0 Å². The summed E-state index contributed by atoms with van der Waals surface area (Å²) in [6.07, 6.45) is 2.24. The maximum absolute atomic E-state index is 2.24. The monoisotopic (exact) mass is 151 g/mol. The molecule has 1 aliphatic rings. The van der Waals surface area contributed by atoms with Crippen LogP contribution >= 0.6 is 0 Å². The van der Waals surface area contributed by atoms with E-state index >= 15 is 0 Å².